The molecule has 0 aliphatic carbocycles. The topological polar surface area (TPSA) is 55.3 Å². The number of nitrogen functional groups attached to an aromatic ring is 1. The van der Waals surface area contributed by atoms with Gasteiger partial charge in [0.15, 0.2) is 0 Å². The van der Waals surface area contributed by atoms with Gasteiger partial charge in [0, 0.05) is 18.2 Å². The Kier molecular flexibility index (Phi) is 3.51. The molecular weight excluding hydrogens is 238 g/mol. The van der Waals surface area contributed by atoms with Gasteiger partial charge in [0.1, 0.15) is 5.69 Å². The molecule has 0 bridgehead atoms. The number of nitrogens with zero attached hydrogens (tertiary/aromatic N) is 2. The number of rotatable bonds is 3. The Bertz CT molecular complexity index is 527. The van der Waals surface area contributed by atoms with Crippen LogP contribution < -0.4 is 5.73 Å². The molecule has 1 aliphatic heterocycles. The Morgan fingerprint density at radius 2 is 1.84 bits per heavy atom. The van der Waals surface area contributed by atoms with Gasteiger partial charge in [-0.2, -0.15) is 0 Å². The smallest absolute Gasteiger partial charge is 0.222 e. The van der Waals surface area contributed by atoms with Crippen LogP contribution in [0.1, 0.15) is 24.8 Å². The summed E-state index contributed by atoms with van der Waals surface area (Å²) in [5.41, 5.74) is 8.72. The van der Waals surface area contributed by atoms with Crippen molar-refractivity contribution in [2.75, 3.05) is 18.8 Å². The van der Waals surface area contributed by atoms with E-state index in [1.807, 2.05) is 0 Å². The first-order chi connectivity index (χ1) is 9.31. The molecule has 0 spiro atoms. The van der Waals surface area contributed by atoms with Crippen molar-refractivity contribution >= 4 is 5.88 Å². The summed E-state index contributed by atoms with van der Waals surface area (Å²) in [4.78, 5) is 2.52. The van der Waals surface area contributed by atoms with Crippen LogP contribution in [-0.4, -0.2) is 23.1 Å². The number of nitrogens with two attached hydrogens (primary N) is 1. The van der Waals surface area contributed by atoms with Crippen molar-refractivity contribution in [3.8, 4) is 11.3 Å². The zero-order valence-electron chi connectivity index (χ0n) is 11.0. The summed E-state index contributed by atoms with van der Waals surface area (Å²) in [5, 5.41) is 3.92. The zero-order chi connectivity index (χ0) is 13.1. The normalized spacial score (nSPS) is 16.6. The quantitative estimate of drug-likeness (QED) is 0.918. The lowest BCUT2D eigenvalue weighted by molar-refractivity contribution is 0.221. The highest BCUT2D eigenvalue weighted by molar-refractivity contribution is 5.61. The summed E-state index contributed by atoms with van der Waals surface area (Å²) in [5.74, 6) is 0.354. The second-order valence-electron chi connectivity index (χ2n) is 5.15. The van der Waals surface area contributed by atoms with Crippen LogP contribution in [0.2, 0.25) is 0 Å². The second kappa shape index (κ2) is 5.45. The molecule has 2 N–H and O–H groups in total. The Labute approximate surface area is 113 Å². The zero-order valence-corrected chi connectivity index (χ0v) is 11.0. The predicted molar refractivity (Wildman–Crippen MR) is 75.5 cm³/mol. The van der Waals surface area contributed by atoms with Crippen molar-refractivity contribution in [3.05, 3.63) is 35.9 Å². The van der Waals surface area contributed by atoms with E-state index in [9.17, 15) is 0 Å². The lowest BCUT2D eigenvalue weighted by Gasteiger charge is -2.26. The van der Waals surface area contributed by atoms with Crippen LogP contribution in [0.15, 0.2) is 34.9 Å². The molecular formula is C15H19N3O. The Morgan fingerprint density at radius 1 is 1.11 bits per heavy atom. The molecule has 100 valence electrons. The van der Waals surface area contributed by atoms with Gasteiger partial charge < -0.3 is 10.3 Å². The fourth-order valence-electron chi connectivity index (χ4n) is 2.58. The number of aromatic nitrogens is 1. The molecule has 0 amide bonds. The molecule has 0 unspecified atom stereocenters. The van der Waals surface area contributed by atoms with Crippen LogP contribution >= 0.6 is 0 Å². The van der Waals surface area contributed by atoms with Gasteiger partial charge in [0.05, 0.1) is 0 Å². The van der Waals surface area contributed by atoms with Gasteiger partial charge in [0.25, 0.3) is 0 Å². The van der Waals surface area contributed by atoms with E-state index in [1.165, 1.54) is 37.9 Å². The van der Waals surface area contributed by atoms with Gasteiger partial charge in [-0.1, -0.05) is 35.8 Å². The number of hydrogen-bond donors (Lipinski definition) is 1. The van der Waals surface area contributed by atoms with E-state index >= 15 is 0 Å². The largest absolute Gasteiger partial charge is 0.368 e. The molecule has 1 saturated heterocycles. The summed E-state index contributed by atoms with van der Waals surface area (Å²) in [6, 6.07) is 10.2. The third-order valence-electron chi connectivity index (χ3n) is 3.63. The highest BCUT2D eigenvalue weighted by Crippen LogP contribution is 2.21. The first-order valence-electron chi connectivity index (χ1n) is 6.85. The molecule has 4 heteroatoms. The highest BCUT2D eigenvalue weighted by atomic mass is 16.5. The van der Waals surface area contributed by atoms with Crippen LogP contribution in [0, 0.1) is 0 Å². The highest BCUT2D eigenvalue weighted by Gasteiger charge is 2.10. The summed E-state index contributed by atoms with van der Waals surface area (Å²) >= 11 is 0. The van der Waals surface area contributed by atoms with E-state index in [2.05, 4.69) is 34.3 Å². The van der Waals surface area contributed by atoms with Crippen molar-refractivity contribution in [2.45, 2.75) is 25.8 Å². The molecule has 1 aromatic heterocycles. The van der Waals surface area contributed by atoms with Crippen LogP contribution in [0.3, 0.4) is 0 Å². The molecule has 3 rings (SSSR count). The van der Waals surface area contributed by atoms with Gasteiger partial charge >= 0.3 is 0 Å². The standard InChI is InChI=1S/C15H19N3O/c16-15-10-14(17-19-15)13-6-4-12(5-7-13)11-18-8-2-1-3-9-18/h4-7,10H,1-3,8-9,11,16H2. The number of anilines is 1. The predicted octanol–water partition coefficient (Wildman–Crippen LogP) is 2.91. The summed E-state index contributed by atoms with van der Waals surface area (Å²) in [6.07, 6.45) is 4.04. The monoisotopic (exact) mass is 257 g/mol. The summed E-state index contributed by atoms with van der Waals surface area (Å²) in [6.45, 7) is 3.49. The van der Waals surface area contributed by atoms with Crippen LogP contribution in [0.5, 0.6) is 0 Å². The van der Waals surface area contributed by atoms with Gasteiger partial charge in [-0.15, -0.1) is 0 Å². The maximum atomic E-state index is 5.53. The fourth-order valence-corrected chi connectivity index (χ4v) is 2.58. The molecule has 1 aliphatic rings. The van der Waals surface area contributed by atoms with E-state index < -0.39 is 0 Å². The van der Waals surface area contributed by atoms with E-state index in [4.69, 9.17) is 10.3 Å². The van der Waals surface area contributed by atoms with E-state index in [1.54, 1.807) is 6.07 Å². The molecule has 0 radical (unpaired) electrons. The molecule has 0 saturated carbocycles. The Morgan fingerprint density at radius 3 is 2.47 bits per heavy atom. The fraction of sp³-hybridized carbons (Fsp3) is 0.400. The maximum absolute atomic E-state index is 5.53. The Hall–Kier alpha value is -1.81. The van der Waals surface area contributed by atoms with E-state index in [-0.39, 0.29) is 0 Å². The van der Waals surface area contributed by atoms with Crippen molar-refractivity contribution in [1.29, 1.82) is 0 Å². The van der Waals surface area contributed by atoms with Crippen molar-refractivity contribution in [1.82, 2.24) is 10.1 Å². The van der Waals surface area contributed by atoms with Crippen molar-refractivity contribution in [3.63, 3.8) is 0 Å². The third-order valence-corrected chi connectivity index (χ3v) is 3.63. The Balaban J connectivity index is 1.68. The van der Waals surface area contributed by atoms with E-state index in [0.29, 0.717) is 5.88 Å². The first kappa shape index (κ1) is 12.2. The minimum absolute atomic E-state index is 0.354. The minimum Gasteiger partial charge on any atom is -0.368 e. The third kappa shape index (κ3) is 2.96. The number of likely N-dealkylation sites (tertiary alicyclic amines) is 1. The molecule has 0 atom stereocenters. The van der Waals surface area contributed by atoms with Gasteiger partial charge in [-0.3, -0.25) is 4.90 Å². The molecule has 19 heavy (non-hydrogen) atoms. The lowest BCUT2D eigenvalue weighted by Crippen LogP contribution is -2.28. The van der Waals surface area contributed by atoms with Gasteiger partial charge in [-0.05, 0) is 31.5 Å². The molecule has 2 heterocycles. The van der Waals surface area contributed by atoms with Gasteiger partial charge in [0.2, 0.25) is 5.88 Å². The first-order valence-corrected chi connectivity index (χ1v) is 6.85. The average molecular weight is 257 g/mol. The SMILES string of the molecule is Nc1cc(-c2ccc(CN3CCCCC3)cc2)no1. The molecule has 4 nitrogen and oxygen atoms in total. The molecule has 1 aromatic carbocycles. The molecule has 1 fully saturated rings. The van der Waals surface area contributed by atoms with Crippen LogP contribution in [0.25, 0.3) is 11.3 Å². The summed E-state index contributed by atoms with van der Waals surface area (Å²) < 4.78 is 4.89. The van der Waals surface area contributed by atoms with Crippen LogP contribution in [-0.2, 0) is 6.54 Å². The molecule has 2 aromatic rings. The van der Waals surface area contributed by atoms with Crippen LogP contribution in [0.4, 0.5) is 5.88 Å². The average Bonchev–Trinajstić information content (AvgIpc) is 2.87. The van der Waals surface area contributed by atoms with Crippen molar-refractivity contribution < 1.29 is 4.52 Å². The number of piperidine rings is 1. The maximum Gasteiger partial charge on any atom is 0.222 e. The lowest BCUT2D eigenvalue weighted by atomic mass is 10.1. The number of hydrogen-bond acceptors (Lipinski definition) is 4. The van der Waals surface area contributed by atoms with Crippen molar-refractivity contribution in [2.24, 2.45) is 0 Å². The van der Waals surface area contributed by atoms with Gasteiger partial charge in [-0.25, -0.2) is 0 Å². The number of benzene rings is 1. The second-order valence-corrected chi connectivity index (χ2v) is 5.15. The minimum atomic E-state index is 0.354. The summed E-state index contributed by atoms with van der Waals surface area (Å²) in [7, 11) is 0. The van der Waals surface area contributed by atoms with E-state index in [0.717, 1.165) is 17.8 Å².